The van der Waals surface area contributed by atoms with Crippen LogP contribution in [0.2, 0.25) is 0 Å². The Morgan fingerprint density at radius 3 is 2.48 bits per heavy atom. The number of hydroxylamine groups is 1. The number of nitrogens with zero attached hydrogens (tertiary/aromatic N) is 1. The van der Waals surface area contributed by atoms with Gasteiger partial charge in [0, 0.05) is 11.8 Å². The zero-order chi connectivity index (χ0) is 30.3. The number of nitrogens with one attached hydrogen (secondary N) is 2. The van der Waals surface area contributed by atoms with E-state index in [-0.39, 0.29) is 17.7 Å². The summed E-state index contributed by atoms with van der Waals surface area (Å²) in [5.41, 5.74) is -2.98. The first kappa shape index (κ1) is 30.2. The summed E-state index contributed by atoms with van der Waals surface area (Å²) in [5, 5.41) is 11.6. The number of carbonyl (C=O) groups excluding carboxylic acids is 1. The molecule has 1 unspecified atom stereocenters. The maximum atomic E-state index is 14.4. The highest BCUT2D eigenvalue weighted by molar-refractivity contribution is 7.46. The summed E-state index contributed by atoms with van der Waals surface area (Å²) in [6.07, 6.45) is -3.20. The number of ether oxygens (including phenoxy) is 2. The van der Waals surface area contributed by atoms with Crippen molar-refractivity contribution in [3.05, 3.63) is 104 Å². The maximum absolute atomic E-state index is 14.4. The van der Waals surface area contributed by atoms with E-state index in [1.807, 2.05) is 18.2 Å². The number of aromatic nitrogens is 2. The first-order valence-corrected chi connectivity index (χ1v) is 14.5. The lowest BCUT2D eigenvalue weighted by Crippen LogP contribution is -2.66. The van der Waals surface area contributed by atoms with Crippen LogP contribution in [0.3, 0.4) is 0 Å². The molecule has 3 aromatic rings. The lowest BCUT2D eigenvalue weighted by atomic mass is 9.71. The molecule has 2 aromatic carbocycles. The molecule has 2 fully saturated rings. The molecule has 42 heavy (non-hydrogen) atoms. The first-order chi connectivity index (χ1) is 19.9. The number of benzene rings is 2. The Labute approximate surface area is 239 Å². The Kier molecular flexibility index (Phi) is 8.20. The highest BCUT2D eigenvalue weighted by atomic mass is 31.2. The van der Waals surface area contributed by atoms with Crippen molar-refractivity contribution in [2.45, 2.75) is 56.1 Å². The highest BCUT2D eigenvalue weighted by Crippen LogP contribution is 2.60. The molecular formula is C27H30N3O11P. The van der Waals surface area contributed by atoms with E-state index >= 15 is 0 Å². The van der Waals surface area contributed by atoms with E-state index in [4.69, 9.17) is 18.8 Å². The number of aryl methyl sites for hydroxylation is 1. The SMILES string of the molecule is Cc1cn([C@@H]2O[C@@]3(C(OP(=O)(O)O)(C(=O)[C@H](C)NOCc4ccccc4)c4ccccc4)CO[C@H]2[C@H]3O)c(=O)[nH]c1=O. The van der Waals surface area contributed by atoms with Gasteiger partial charge in [0.15, 0.2) is 23.2 Å². The molecule has 0 saturated carbocycles. The summed E-state index contributed by atoms with van der Waals surface area (Å²) in [4.78, 5) is 67.1. The summed E-state index contributed by atoms with van der Waals surface area (Å²) >= 11 is 0. The first-order valence-electron chi connectivity index (χ1n) is 13.0. The summed E-state index contributed by atoms with van der Waals surface area (Å²) in [5.74, 6) is -0.959. The van der Waals surface area contributed by atoms with E-state index < -0.39 is 67.1 Å². The summed E-state index contributed by atoms with van der Waals surface area (Å²) in [7, 11) is -5.50. The molecule has 0 radical (unpaired) electrons. The number of phosphoric acid groups is 1. The topological polar surface area (TPSA) is 199 Å². The third-order valence-electron chi connectivity index (χ3n) is 7.43. The Hall–Kier alpha value is -3.30. The Balaban J connectivity index is 1.60. The number of ketones is 1. The van der Waals surface area contributed by atoms with E-state index in [0.717, 1.165) is 10.1 Å². The van der Waals surface area contributed by atoms with Crippen molar-refractivity contribution in [2.24, 2.45) is 0 Å². The van der Waals surface area contributed by atoms with Gasteiger partial charge < -0.3 is 24.4 Å². The van der Waals surface area contributed by atoms with Gasteiger partial charge in [-0.3, -0.25) is 28.5 Å². The van der Waals surface area contributed by atoms with E-state index in [1.165, 1.54) is 44.3 Å². The fraction of sp³-hybridized carbons (Fsp3) is 0.370. The molecule has 1 aromatic heterocycles. The number of rotatable bonds is 11. The standard InChI is InChI=1S/C27H30N3O11P/c1-16-13-30(25(34)28-23(16)33)24-20-22(32)26(40-24,15-38-20)27(41-42(35,36)37,19-11-7-4-8-12-19)21(31)17(2)29-39-14-18-9-5-3-6-10-18/h3-13,17,20,22,24,29,32H,14-15H2,1-2H3,(H,28,33,34)(H2,35,36,37)/t17-,20-,22+,24+,26-,27?/m0/s1. The van der Waals surface area contributed by atoms with Crippen molar-refractivity contribution in [3.63, 3.8) is 0 Å². The zero-order valence-corrected chi connectivity index (χ0v) is 23.5. The van der Waals surface area contributed by atoms with Gasteiger partial charge in [-0.2, -0.15) is 5.48 Å². The number of hydrogen-bond donors (Lipinski definition) is 5. The fourth-order valence-corrected chi connectivity index (χ4v) is 6.18. The molecule has 5 N–H and O–H groups in total. The molecule has 15 heteroatoms. The average Bonchev–Trinajstić information content (AvgIpc) is 3.44. The normalized spacial score (nSPS) is 25.7. The molecule has 0 aliphatic carbocycles. The molecule has 0 spiro atoms. The minimum atomic E-state index is -5.50. The van der Waals surface area contributed by atoms with Gasteiger partial charge in [-0.1, -0.05) is 60.7 Å². The van der Waals surface area contributed by atoms with Crippen molar-refractivity contribution in [1.29, 1.82) is 0 Å². The molecule has 0 amide bonds. The lowest BCUT2D eigenvalue weighted by Gasteiger charge is -2.47. The van der Waals surface area contributed by atoms with Gasteiger partial charge in [0.25, 0.3) is 5.56 Å². The number of aliphatic hydroxyl groups excluding tert-OH is 1. The van der Waals surface area contributed by atoms with Crippen LogP contribution in [0.4, 0.5) is 0 Å². The van der Waals surface area contributed by atoms with Crippen molar-refractivity contribution in [3.8, 4) is 0 Å². The predicted molar refractivity (Wildman–Crippen MR) is 145 cm³/mol. The van der Waals surface area contributed by atoms with Crippen LogP contribution < -0.4 is 16.7 Å². The Morgan fingerprint density at radius 1 is 1.19 bits per heavy atom. The van der Waals surface area contributed by atoms with Crippen LogP contribution in [-0.4, -0.2) is 60.7 Å². The van der Waals surface area contributed by atoms with Gasteiger partial charge >= 0.3 is 13.5 Å². The second kappa shape index (κ2) is 11.4. The highest BCUT2D eigenvalue weighted by Gasteiger charge is 2.76. The van der Waals surface area contributed by atoms with Crippen molar-refractivity contribution in [2.75, 3.05) is 6.61 Å². The monoisotopic (exact) mass is 603 g/mol. The summed E-state index contributed by atoms with van der Waals surface area (Å²) in [6, 6.07) is 15.2. The van der Waals surface area contributed by atoms with E-state index in [0.29, 0.717) is 0 Å². The van der Waals surface area contributed by atoms with E-state index in [2.05, 4.69) is 10.5 Å². The third kappa shape index (κ3) is 5.22. The number of aliphatic hydroxyl groups is 1. The van der Waals surface area contributed by atoms with E-state index in [1.54, 1.807) is 18.2 Å². The van der Waals surface area contributed by atoms with Crippen LogP contribution in [0.15, 0.2) is 76.4 Å². The van der Waals surface area contributed by atoms with Crippen molar-refractivity contribution < 1.29 is 43.1 Å². The van der Waals surface area contributed by atoms with Gasteiger partial charge in [-0.05, 0) is 25.0 Å². The van der Waals surface area contributed by atoms with Crippen LogP contribution in [0.25, 0.3) is 0 Å². The molecule has 6 atom stereocenters. The Morgan fingerprint density at radius 2 is 1.83 bits per heavy atom. The number of carbonyl (C=O) groups is 1. The predicted octanol–water partition coefficient (Wildman–Crippen LogP) is 0.556. The molecule has 2 saturated heterocycles. The molecule has 5 rings (SSSR count). The fourth-order valence-electron chi connectivity index (χ4n) is 5.47. The number of fused-ring (bicyclic) bond motifs is 2. The van der Waals surface area contributed by atoms with Gasteiger partial charge in [-0.25, -0.2) is 9.36 Å². The van der Waals surface area contributed by atoms with Crippen LogP contribution >= 0.6 is 7.82 Å². The molecule has 3 heterocycles. The van der Waals surface area contributed by atoms with Gasteiger partial charge in [0.1, 0.15) is 12.2 Å². The number of hydrogen-bond acceptors (Lipinski definition) is 10. The smallest absolute Gasteiger partial charge is 0.387 e. The van der Waals surface area contributed by atoms with Crippen molar-refractivity contribution in [1.82, 2.24) is 15.0 Å². The van der Waals surface area contributed by atoms with Crippen LogP contribution in [0, 0.1) is 6.92 Å². The number of aromatic amines is 1. The molecule has 14 nitrogen and oxygen atoms in total. The zero-order valence-electron chi connectivity index (χ0n) is 22.6. The molecule has 2 bridgehead atoms. The van der Waals surface area contributed by atoms with Gasteiger partial charge in [0.05, 0.1) is 19.3 Å². The Bertz CT molecular complexity index is 1610. The summed E-state index contributed by atoms with van der Waals surface area (Å²) in [6.45, 7) is 2.37. The van der Waals surface area contributed by atoms with Crippen LogP contribution in [-0.2, 0) is 40.4 Å². The van der Waals surface area contributed by atoms with Crippen LogP contribution in [0.5, 0.6) is 0 Å². The molecule has 2 aliphatic heterocycles. The van der Waals surface area contributed by atoms with E-state index in [9.17, 15) is 33.8 Å². The second-order valence-corrected chi connectivity index (χ2v) is 11.4. The van der Waals surface area contributed by atoms with Gasteiger partial charge in [-0.15, -0.1) is 0 Å². The van der Waals surface area contributed by atoms with Crippen molar-refractivity contribution >= 4 is 13.6 Å². The third-order valence-corrected chi connectivity index (χ3v) is 7.94. The minimum absolute atomic E-state index is 0.0519. The van der Waals surface area contributed by atoms with Crippen LogP contribution in [0.1, 0.15) is 29.8 Å². The second-order valence-electron chi connectivity index (χ2n) is 10.2. The average molecular weight is 604 g/mol. The number of H-pyrrole nitrogens is 1. The van der Waals surface area contributed by atoms with Gasteiger partial charge in [0.2, 0.25) is 0 Å². The quantitative estimate of drug-likeness (QED) is 0.151. The maximum Gasteiger partial charge on any atom is 0.471 e. The number of Topliss-reactive ketones (excluding diaryl/α,β-unsaturated/α-hetero) is 1. The molecule has 2 aliphatic rings. The largest absolute Gasteiger partial charge is 0.471 e. The molecule has 224 valence electrons. The lowest BCUT2D eigenvalue weighted by molar-refractivity contribution is -0.242. The number of phosphoric ester groups is 1. The summed E-state index contributed by atoms with van der Waals surface area (Å²) < 4.78 is 31.0. The molecular weight excluding hydrogens is 573 g/mol. The minimum Gasteiger partial charge on any atom is -0.387 e.